The fourth-order valence-electron chi connectivity index (χ4n) is 2.48. The van der Waals surface area contributed by atoms with Crippen LogP contribution in [0.5, 0.6) is 0 Å². The van der Waals surface area contributed by atoms with Crippen LogP contribution in [0.1, 0.15) is 43.0 Å². The second-order valence-electron chi connectivity index (χ2n) is 5.06. The van der Waals surface area contributed by atoms with Gasteiger partial charge in [0.25, 0.3) is 5.91 Å². The zero-order valence-electron chi connectivity index (χ0n) is 11.0. The number of amides is 1. The molecule has 3 nitrogen and oxygen atoms in total. The number of hydrogen-bond donors (Lipinski definition) is 1. The number of likely N-dealkylation sites (tertiary alicyclic amines) is 1. The molecule has 1 aromatic carbocycles. The number of hydrogen-bond acceptors (Lipinski definition) is 2. The van der Waals surface area contributed by atoms with Gasteiger partial charge in [-0.25, -0.2) is 0 Å². The van der Waals surface area contributed by atoms with E-state index in [1.807, 2.05) is 4.90 Å². The third-order valence-electron chi connectivity index (χ3n) is 3.62. The summed E-state index contributed by atoms with van der Waals surface area (Å²) in [6.45, 7) is 2.88. The van der Waals surface area contributed by atoms with Gasteiger partial charge in [0.05, 0.1) is 15.7 Å². The number of nitrogens with two attached hydrogens (primary N) is 1. The lowest BCUT2D eigenvalue weighted by molar-refractivity contribution is 0.0698. The van der Waals surface area contributed by atoms with Crippen molar-refractivity contribution in [1.29, 1.82) is 0 Å². The van der Waals surface area contributed by atoms with Crippen molar-refractivity contribution in [3.8, 4) is 0 Å². The minimum Gasteiger partial charge on any atom is -0.397 e. The van der Waals surface area contributed by atoms with Crippen molar-refractivity contribution < 1.29 is 4.79 Å². The maximum atomic E-state index is 12.5. The molecule has 2 rings (SSSR count). The summed E-state index contributed by atoms with van der Waals surface area (Å²) in [7, 11) is 0. The summed E-state index contributed by atoms with van der Waals surface area (Å²) in [6, 6.07) is 3.46. The Kier molecular flexibility index (Phi) is 4.58. The molecule has 5 heteroatoms. The van der Waals surface area contributed by atoms with E-state index in [2.05, 4.69) is 6.92 Å². The van der Waals surface area contributed by atoms with Gasteiger partial charge in [0.1, 0.15) is 0 Å². The highest BCUT2D eigenvalue weighted by Crippen LogP contribution is 2.30. The normalized spacial score (nSPS) is 20.2. The first-order valence-corrected chi connectivity index (χ1v) is 7.32. The lowest BCUT2D eigenvalue weighted by Crippen LogP contribution is -2.38. The predicted molar refractivity (Wildman–Crippen MR) is 79.8 cm³/mol. The van der Waals surface area contributed by atoms with Gasteiger partial charge in [-0.1, -0.05) is 36.0 Å². The highest BCUT2D eigenvalue weighted by molar-refractivity contribution is 6.43. The molecule has 1 unspecified atom stereocenters. The summed E-state index contributed by atoms with van der Waals surface area (Å²) < 4.78 is 0. The third kappa shape index (κ3) is 3.15. The van der Waals surface area contributed by atoms with E-state index in [-0.39, 0.29) is 11.9 Å². The fraction of sp³-hybridized carbons (Fsp3) is 0.500. The monoisotopic (exact) mass is 300 g/mol. The van der Waals surface area contributed by atoms with Crippen molar-refractivity contribution in [1.82, 2.24) is 4.90 Å². The smallest absolute Gasteiger partial charge is 0.254 e. The first-order valence-electron chi connectivity index (χ1n) is 6.56. The molecular formula is C14H18Cl2N2O. The Labute approximate surface area is 123 Å². The van der Waals surface area contributed by atoms with Crippen LogP contribution in [-0.2, 0) is 0 Å². The standard InChI is InChI=1S/C14H18Cl2N2O/c1-9-5-3-2-4-6-18(9)14(19)10-7-11(15)13(16)12(17)8-10/h7-9H,2-6,17H2,1H3. The Bertz CT molecular complexity index is 467. The van der Waals surface area contributed by atoms with Crippen molar-refractivity contribution in [2.45, 2.75) is 38.6 Å². The van der Waals surface area contributed by atoms with Gasteiger partial charge in [-0.3, -0.25) is 4.79 Å². The van der Waals surface area contributed by atoms with Gasteiger partial charge >= 0.3 is 0 Å². The van der Waals surface area contributed by atoms with E-state index >= 15 is 0 Å². The van der Waals surface area contributed by atoms with Crippen molar-refractivity contribution >= 4 is 34.8 Å². The lowest BCUT2D eigenvalue weighted by atomic mass is 10.1. The number of carbonyl (C=O) groups is 1. The molecule has 1 aliphatic rings. The molecule has 1 aromatic rings. The Morgan fingerprint density at radius 3 is 2.74 bits per heavy atom. The Balaban J connectivity index is 2.27. The zero-order valence-corrected chi connectivity index (χ0v) is 12.5. The van der Waals surface area contributed by atoms with Gasteiger partial charge in [-0.15, -0.1) is 0 Å². The highest BCUT2D eigenvalue weighted by Gasteiger charge is 2.24. The highest BCUT2D eigenvalue weighted by atomic mass is 35.5. The van der Waals surface area contributed by atoms with Gasteiger partial charge < -0.3 is 10.6 Å². The quantitative estimate of drug-likeness (QED) is 0.797. The molecule has 1 aliphatic heterocycles. The predicted octanol–water partition coefficient (Wildman–Crippen LogP) is 3.98. The van der Waals surface area contributed by atoms with Gasteiger partial charge in [0, 0.05) is 18.2 Å². The second kappa shape index (κ2) is 6.02. The number of nitrogen functional groups attached to an aromatic ring is 1. The number of halogens is 2. The summed E-state index contributed by atoms with van der Waals surface area (Å²) in [4.78, 5) is 14.5. The molecule has 1 amide bonds. The lowest BCUT2D eigenvalue weighted by Gasteiger charge is -2.27. The molecule has 0 saturated carbocycles. The number of anilines is 1. The topological polar surface area (TPSA) is 46.3 Å². The molecule has 1 heterocycles. The van der Waals surface area contributed by atoms with Crippen LogP contribution >= 0.6 is 23.2 Å². The Morgan fingerprint density at radius 1 is 1.32 bits per heavy atom. The van der Waals surface area contributed by atoms with Crippen LogP contribution in [0.3, 0.4) is 0 Å². The first kappa shape index (κ1) is 14.5. The zero-order chi connectivity index (χ0) is 14.0. The first-order chi connectivity index (χ1) is 9.00. The molecule has 2 N–H and O–H groups in total. The number of carbonyl (C=O) groups excluding carboxylic acids is 1. The van der Waals surface area contributed by atoms with E-state index in [0.29, 0.717) is 21.3 Å². The molecule has 0 bridgehead atoms. The molecule has 1 atom stereocenters. The summed E-state index contributed by atoms with van der Waals surface area (Å²) in [5, 5.41) is 0.634. The average Bonchev–Trinajstić information content (AvgIpc) is 2.59. The minimum absolute atomic E-state index is 0.0142. The SMILES string of the molecule is CC1CCCCCN1C(=O)c1cc(N)c(Cl)c(Cl)c1. The minimum atomic E-state index is -0.0142. The summed E-state index contributed by atoms with van der Waals surface area (Å²) in [5.41, 5.74) is 6.63. The van der Waals surface area contributed by atoms with Crippen molar-refractivity contribution in [2.75, 3.05) is 12.3 Å². The molecule has 104 valence electrons. The van der Waals surface area contributed by atoms with Crippen LogP contribution in [-0.4, -0.2) is 23.4 Å². The fourth-order valence-corrected chi connectivity index (χ4v) is 2.81. The molecule has 0 aromatic heterocycles. The van der Waals surface area contributed by atoms with Crippen LogP contribution in [0.4, 0.5) is 5.69 Å². The Morgan fingerprint density at radius 2 is 2.05 bits per heavy atom. The second-order valence-corrected chi connectivity index (χ2v) is 5.84. The van der Waals surface area contributed by atoms with E-state index in [0.717, 1.165) is 19.4 Å². The molecular weight excluding hydrogens is 283 g/mol. The molecule has 1 saturated heterocycles. The maximum Gasteiger partial charge on any atom is 0.254 e. The van der Waals surface area contributed by atoms with Gasteiger partial charge in [-0.05, 0) is 31.9 Å². The number of rotatable bonds is 1. The summed E-state index contributed by atoms with van der Waals surface area (Å²) >= 11 is 11.9. The third-order valence-corrected chi connectivity index (χ3v) is 4.43. The maximum absolute atomic E-state index is 12.5. The van der Waals surface area contributed by atoms with Crippen molar-refractivity contribution in [2.24, 2.45) is 0 Å². The number of benzene rings is 1. The molecule has 0 spiro atoms. The summed E-state index contributed by atoms with van der Waals surface area (Å²) in [6.07, 6.45) is 4.45. The molecule has 1 fully saturated rings. The summed E-state index contributed by atoms with van der Waals surface area (Å²) in [5.74, 6) is -0.0142. The van der Waals surface area contributed by atoms with E-state index in [9.17, 15) is 4.79 Å². The molecule has 19 heavy (non-hydrogen) atoms. The van der Waals surface area contributed by atoms with E-state index in [1.165, 1.54) is 12.8 Å². The van der Waals surface area contributed by atoms with Gasteiger partial charge in [0.15, 0.2) is 0 Å². The van der Waals surface area contributed by atoms with Crippen LogP contribution < -0.4 is 5.73 Å². The largest absolute Gasteiger partial charge is 0.397 e. The van der Waals surface area contributed by atoms with Crippen LogP contribution in [0.2, 0.25) is 10.0 Å². The molecule has 0 radical (unpaired) electrons. The van der Waals surface area contributed by atoms with Crippen molar-refractivity contribution in [3.05, 3.63) is 27.7 Å². The van der Waals surface area contributed by atoms with Gasteiger partial charge in [0.2, 0.25) is 0 Å². The van der Waals surface area contributed by atoms with Crippen LogP contribution in [0, 0.1) is 0 Å². The average molecular weight is 301 g/mol. The van der Waals surface area contributed by atoms with Crippen LogP contribution in [0.15, 0.2) is 12.1 Å². The van der Waals surface area contributed by atoms with E-state index in [4.69, 9.17) is 28.9 Å². The van der Waals surface area contributed by atoms with E-state index < -0.39 is 0 Å². The Hall–Kier alpha value is -0.930. The molecule has 0 aliphatic carbocycles. The van der Waals surface area contributed by atoms with Crippen molar-refractivity contribution in [3.63, 3.8) is 0 Å². The van der Waals surface area contributed by atoms with Gasteiger partial charge in [-0.2, -0.15) is 0 Å². The van der Waals surface area contributed by atoms with E-state index in [1.54, 1.807) is 12.1 Å². The number of nitrogens with zero attached hydrogens (tertiary/aromatic N) is 1. The van der Waals surface area contributed by atoms with Crippen LogP contribution in [0.25, 0.3) is 0 Å².